The highest BCUT2D eigenvalue weighted by Gasteiger charge is 2.13. The minimum absolute atomic E-state index is 0.0463. The highest BCUT2D eigenvalue weighted by atomic mass is 35.5. The van der Waals surface area contributed by atoms with Gasteiger partial charge in [0.1, 0.15) is 0 Å². The lowest BCUT2D eigenvalue weighted by Crippen LogP contribution is -2.26. The summed E-state index contributed by atoms with van der Waals surface area (Å²) in [6.07, 6.45) is 0. The van der Waals surface area contributed by atoms with Crippen LogP contribution >= 0.6 is 11.6 Å². The lowest BCUT2D eigenvalue weighted by molar-refractivity contribution is 0.0940. The smallest absolute Gasteiger partial charge is 0.253 e. The van der Waals surface area contributed by atoms with Gasteiger partial charge < -0.3 is 5.32 Å². The average molecular weight is 260 g/mol. The number of rotatable bonds is 3. The molecular weight excluding hydrogens is 246 g/mol. The van der Waals surface area contributed by atoms with Crippen molar-refractivity contribution in [3.05, 3.63) is 70.7 Å². The molecular formula is C15H14ClNO. The molecule has 0 bridgehead atoms. The van der Waals surface area contributed by atoms with E-state index in [-0.39, 0.29) is 11.9 Å². The fraction of sp³-hybridized carbons (Fsp3) is 0.133. The Morgan fingerprint density at radius 1 is 1.06 bits per heavy atom. The summed E-state index contributed by atoms with van der Waals surface area (Å²) in [4.78, 5) is 12.1. The van der Waals surface area contributed by atoms with Crippen LogP contribution in [0.25, 0.3) is 0 Å². The van der Waals surface area contributed by atoms with E-state index in [4.69, 9.17) is 11.6 Å². The second-order valence-electron chi connectivity index (χ2n) is 4.09. The van der Waals surface area contributed by atoms with Crippen molar-refractivity contribution < 1.29 is 4.79 Å². The fourth-order valence-corrected chi connectivity index (χ4v) is 1.97. The van der Waals surface area contributed by atoms with E-state index in [9.17, 15) is 4.79 Å². The summed E-state index contributed by atoms with van der Waals surface area (Å²) in [5.74, 6) is -0.156. The highest BCUT2D eigenvalue weighted by molar-refractivity contribution is 6.33. The summed E-state index contributed by atoms with van der Waals surface area (Å²) in [6, 6.07) is 16.8. The standard InChI is InChI=1S/C15H14ClNO/c1-11(12-7-3-2-4-8-12)17-15(18)13-9-5-6-10-14(13)16/h2-11H,1H3,(H,17,18)/t11-/m0/s1. The van der Waals surface area contributed by atoms with Gasteiger partial charge in [-0.1, -0.05) is 54.1 Å². The van der Waals surface area contributed by atoms with Crippen molar-refractivity contribution in [2.24, 2.45) is 0 Å². The molecule has 0 unspecified atom stereocenters. The lowest BCUT2D eigenvalue weighted by Gasteiger charge is -2.14. The van der Waals surface area contributed by atoms with Crippen LogP contribution in [0, 0.1) is 0 Å². The molecule has 2 nitrogen and oxygen atoms in total. The molecule has 0 spiro atoms. The molecule has 0 aliphatic heterocycles. The predicted molar refractivity (Wildman–Crippen MR) is 73.8 cm³/mol. The molecule has 2 aromatic carbocycles. The molecule has 1 amide bonds. The zero-order chi connectivity index (χ0) is 13.0. The third-order valence-electron chi connectivity index (χ3n) is 2.77. The van der Waals surface area contributed by atoms with E-state index < -0.39 is 0 Å². The molecule has 0 heterocycles. The Hall–Kier alpha value is -1.80. The Morgan fingerprint density at radius 2 is 1.67 bits per heavy atom. The predicted octanol–water partition coefficient (Wildman–Crippen LogP) is 3.83. The van der Waals surface area contributed by atoms with Crippen molar-refractivity contribution in [3.63, 3.8) is 0 Å². The number of carbonyl (C=O) groups is 1. The van der Waals surface area contributed by atoms with Gasteiger partial charge in [0, 0.05) is 0 Å². The molecule has 1 N–H and O–H groups in total. The summed E-state index contributed by atoms with van der Waals surface area (Å²) in [7, 11) is 0. The quantitative estimate of drug-likeness (QED) is 0.892. The van der Waals surface area contributed by atoms with Crippen molar-refractivity contribution in [1.29, 1.82) is 0 Å². The second-order valence-corrected chi connectivity index (χ2v) is 4.49. The molecule has 18 heavy (non-hydrogen) atoms. The molecule has 0 saturated heterocycles. The van der Waals surface area contributed by atoms with Crippen LogP contribution in [-0.2, 0) is 0 Å². The van der Waals surface area contributed by atoms with Crippen LogP contribution in [0.4, 0.5) is 0 Å². The third-order valence-corrected chi connectivity index (χ3v) is 3.10. The van der Waals surface area contributed by atoms with Gasteiger partial charge >= 0.3 is 0 Å². The number of benzene rings is 2. The Morgan fingerprint density at radius 3 is 2.33 bits per heavy atom. The van der Waals surface area contributed by atoms with Gasteiger partial charge in [0.15, 0.2) is 0 Å². The summed E-state index contributed by atoms with van der Waals surface area (Å²) < 4.78 is 0. The van der Waals surface area contributed by atoms with Crippen LogP contribution in [0.1, 0.15) is 28.9 Å². The van der Waals surface area contributed by atoms with Crippen LogP contribution in [0.3, 0.4) is 0 Å². The molecule has 2 rings (SSSR count). The van der Waals surface area contributed by atoms with Gasteiger partial charge in [0.2, 0.25) is 0 Å². The molecule has 0 fully saturated rings. The van der Waals surface area contributed by atoms with E-state index in [2.05, 4.69) is 5.32 Å². The van der Waals surface area contributed by atoms with Gasteiger partial charge in [-0.25, -0.2) is 0 Å². The van der Waals surface area contributed by atoms with Crippen LogP contribution in [-0.4, -0.2) is 5.91 Å². The van der Waals surface area contributed by atoms with E-state index in [0.717, 1.165) is 5.56 Å². The highest BCUT2D eigenvalue weighted by Crippen LogP contribution is 2.17. The molecule has 92 valence electrons. The maximum absolute atomic E-state index is 12.1. The van der Waals surface area contributed by atoms with Gasteiger partial charge in [-0.15, -0.1) is 0 Å². The van der Waals surface area contributed by atoms with Crippen LogP contribution in [0.5, 0.6) is 0 Å². The number of nitrogens with one attached hydrogen (secondary N) is 1. The normalized spacial score (nSPS) is 11.9. The Kier molecular flexibility index (Phi) is 4.00. The van der Waals surface area contributed by atoms with Crippen molar-refractivity contribution >= 4 is 17.5 Å². The minimum Gasteiger partial charge on any atom is -0.345 e. The summed E-state index contributed by atoms with van der Waals surface area (Å²) in [6.45, 7) is 1.95. The first-order valence-corrected chi connectivity index (χ1v) is 6.16. The van der Waals surface area contributed by atoms with Gasteiger partial charge in [-0.2, -0.15) is 0 Å². The first kappa shape index (κ1) is 12.7. The first-order valence-electron chi connectivity index (χ1n) is 5.79. The molecule has 2 aromatic rings. The average Bonchev–Trinajstić information content (AvgIpc) is 2.40. The summed E-state index contributed by atoms with van der Waals surface area (Å²) >= 11 is 5.99. The van der Waals surface area contributed by atoms with Crippen molar-refractivity contribution in [2.75, 3.05) is 0 Å². The molecule has 0 aliphatic carbocycles. The van der Waals surface area contributed by atoms with Gasteiger partial charge in [-0.05, 0) is 24.6 Å². The van der Waals surface area contributed by atoms with E-state index in [0.29, 0.717) is 10.6 Å². The molecule has 0 saturated carbocycles. The van der Waals surface area contributed by atoms with E-state index in [1.807, 2.05) is 37.3 Å². The van der Waals surface area contributed by atoms with Gasteiger partial charge in [0.05, 0.1) is 16.6 Å². The van der Waals surface area contributed by atoms with Crippen LogP contribution in [0.15, 0.2) is 54.6 Å². The topological polar surface area (TPSA) is 29.1 Å². The number of hydrogen-bond acceptors (Lipinski definition) is 1. The zero-order valence-electron chi connectivity index (χ0n) is 10.1. The van der Waals surface area contributed by atoms with Crippen molar-refractivity contribution in [2.45, 2.75) is 13.0 Å². The van der Waals surface area contributed by atoms with Crippen molar-refractivity contribution in [3.8, 4) is 0 Å². The fourth-order valence-electron chi connectivity index (χ4n) is 1.74. The molecule has 1 atom stereocenters. The molecule has 0 aliphatic rings. The lowest BCUT2D eigenvalue weighted by atomic mass is 10.1. The maximum atomic E-state index is 12.1. The zero-order valence-corrected chi connectivity index (χ0v) is 10.8. The summed E-state index contributed by atoms with van der Waals surface area (Å²) in [5.41, 5.74) is 1.57. The monoisotopic (exact) mass is 259 g/mol. The minimum atomic E-state index is -0.156. The van der Waals surface area contributed by atoms with Gasteiger partial charge in [0.25, 0.3) is 5.91 Å². The van der Waals surface area contributed by atoms with E-state index >= 15 is 0 Å². The van der Waals surface area contributed by atoms with E-state index in [1.165, 1.54) is 0 Å². The number of hydrogen-bond donors (Lipinski definition) is 1. The van der Waals surface area contributed by atoms with E-state index in [1.54, 1.807) is 24.3 Å². The maximum Gasteiger partial charge on any atom is 0.253 e. The first-order chi connectivity index (χ1) is 8.68. The Bertz CT molecular complexity index is 539. The number of carbonyl (C=O) groups excluding carboxylic acids is 1. The molecule has 0 radical (unpaired) electrons. The molecule has 3 heteroatoms. The number of amides is 1. The molecule has 0 aromatic heterocycles. The van der Waals surface area contributed by atoms with Crippen LogP contribution in [0.2, 0.25) is 5.02 Å². The largest absolute Gasteiger partial charge is 0.345 e. The summed E-state index contributed by atoms with van der Waals surface area (Å²) in [5, 5.41) is 3.40. The Balaban J connectivity index is 2.11. The van der Waals surface area contributed by atoms with Gasteiger partial charge in [-0.3, -0.25) is 4.79 Å². The SMILES string of the molecule is C[C@H](NC(=O)c1ccccc1Cl)c1ccccc1. The number of halogens is 1. The third kappa shape index (κ3) is 2.90. The van der Waals surface area contributed by atoms with Crippen LogP contribution < -0.4 is 5.32 Å². The second kappa shape index (κ2) is 5.69. The van der Waals surface area contributed by atoms with Crippen molar-refractivity contribution in [1.82, 2.24) is 5.32 Å². The Labute approximate surface area is 112 Å².